The minimum absolute atomic E-state index is 0.128. The van der Waals surface area contributed by atoms with E-state index in [1.165, 1.54) is 6.42 Å². The number of nitrogens with one attached hydrogen (secondary N) is 1. The third-order valence-corrected chi connectivity index (χ3v) is 6.50. The first-order valence-corrected chi connectivity index (χ1v) is 11.2. The highest BCUT2D eigenvalue weighted by atomic mass is 35.5. The van der Waals surface area contributed by atoms with E-state index in [0.717, 1.165) is 47.7 Å². The third kappa shape index (κ3) is 4.95. The number of nitrogens with zero attached hydrogens (tertiary/aromatic N) is 2. The Morgan fingerprint density at radius 2 is 1.90 bits per heavy atom. The maximum atomic E-state index is 12.7. The Morgan fingerprint density at radius 3 is 2.65 bits per heavy atom. The molecule has 1 heterocycles. The molecule has 0 radical (unpaired) electrons. The Labute approximate surface area is 192 Å². The predicted octanol–water partition coefficient (Wildman–Crippen LogP) is 6.35. The van der Waals surface area contributed by atoms with E-state index >= 15 is 0 Å². The molecule has 6 heteroatoms. The second-order valence-corrected chi connectivity index (χ2v) is 8.77. The molecule has 1 fully saturated rings. The average Bonchev–Trinajstić information content (AvgIpc) is 3.12. The van der Waals surface area contributed by atoms with Crippen LogP contribution in [0.4, 0.5) is 0 Å². The van der Waals surface area contributed by atoms with Crippen LogP contribution >= 0.6 is 23.2 Å². The number of fused-ring (bicyclic) bond motifs is 1. The average molecular weight is 452 g/mol. The fourth-order valence-electron chi connectivity index (χ4n) is 4.17. The molecule has 1 saturated carbocycles. The number of nitriles is 1. The van der Waals surface area contributed by atoms with Gasteiger partial charge in [0.1, 0.15) is 11.6 Å². The molecule has 0 spiro atoms. The highest BCUT2D eigenvalue weighted by Crippen LogP contribution is 2.27. The largest absolute Gasteiger partial charge is 0.349 e. The van der Waals surface area contributed by atoms with Gasteiger partial charge in [-0.05, 0) is 42.7 Å². The van der Waals surface area contributed by atoms with E-state index in [4.69, 9.17) is 23.2 Å². The van der Waals surface area contributed by atoms with Crippen molar-refractivity contribution >= 4 is 46.1 Å². The quantitative estimate of drug-likeness (QED) is 0.362. The number of carbonyl (C=O) groups is 1. The Hall–Kier alpha value is -2.74. The summed E-state index contributed by atoms with van der Waals surface area (Å²) >= 11 is 12.2. The summed E-state index contributed by atoms with van der Waals surface area (Å²) in [5, 5.41) is 14.7. The van der Waals surface area contributed by atoms with E-state index in [0.29, 0.717) is 16.6 Å². The molecule has 1 aliphatic carbocycles. The summed E-state index contributed by atoms with van der Waals surface area (Å²) in [6, 6.07) is 15.8. The van der Waals surface area contributed by atoms with Crippen molar-refractivity contribution < 1.29 is 4.79 Å². The van der Waals surface area contributed by atoms with Crippen molar-refractivity contribution in [2.75, 3.05) is 0 Å². The lowest BCUT2D eigenvalue weighted by Gasteiger charge is -2.22. The molecule has 4 nitrogen and oxygen atoms in total. The Balaban J connectivity index is 1.64. The molecule has 4 rings (SSSR count). The summed E-state index contributed by atoms with van der Waals surface area (Å²) in [6.45, 7) is 0.599. The Kier molecular flexibility index (Phi) is 6.65. The van der Waals surface area contributed by atoms with Crippen molar-refractivity contribution in [2.24, 2.45) is 0 Å². The van der Waals surface area contributed by atoms with E-state index in [1.807, 2.05) is 42.6 Å². The highest BCUT2D eigenvalue weighted by Gasteiger charge is 2.19. The molecule has 0 atom stereocenters. The van der Waals surface area contributed by atoms with Gasteiger partial charge in [0.05, 0.1) is 10.0 Å². The molecule has 1 aromatic heterocycles. The summed E-state index contributed by atoms with van der Waals surface area (Å²) in [5.74, 6) is -0.296. The number of carbonyl (C=O) groups excluding carboxylic acids is 1. The van der Waals surface area contributed by atoms with Crippen molar-refractivity contribution in [1.82, 2.24) is 9.88 Å². The normalized spacial score (nSPS) is 15.1. The van der Waals surface area contributed by atoms with E-state index in [-0.39, 0.29) is 17.5 Å². The van der Waals surface area contributed by atoms with Crippen molar-refractivity contribution in [3.8, 4) is 6.07 Å². The zero-order valence-electron chi connectivity index (χ0n) is 17.1. The molecule has 0 aliphatic heterocycles. The maximum Gasteiger partial charge on any atom is 0.262 e. The molecule has 1 aliphatic rings. The van der Waals surface area contributed by atoms with Crippen LogP contribution in [0, 0.1) is 11.3 Å². The zero-order valence-corrected chi connectivity index (χ0v) is 18.6. The van der Waals surface area contributed by atoms with Crippen LogP contribution in [-0.2, 0) is 11.3 Å². The minimum Gasteiger partial charge on any atom is -0.349 e. The van der Waals surface area contributed by atoms with Gasteiger partial charge in [-0.15, -0.1) is 0 Å². The van der Waals surface area contributed by atoms with Crippen LogP contribution in [-0.4, -0.2) is 16.5 Å². The first-order valence-electron chi connectivity index (χ1n) is 10.5. The van der Waals surface area contributed by atoms with Gasteiger partial charge in [0.25, 0.3) is 5.91 Å². The summed E-state index contributed by atoms with van der Waals surface area (Å²) < 4.78 is 2.09. The molecular formula is C25H23Cl2N3O. The van der Waals surface area contributed by atoms with E-state index < -0.39 is 0 Å². The molecule has 1 amide bonds. The molecule has 0 unspecified atom stereocenters. The topological polar surface area (TPSA) is 57.8 Å². The lowest BCUT2D eigenvalue weighted by Crippen LogP contribution is -2.36. The van der Waals surface area contributed by atoms with Crippen LogP contribution in [0.3, 0.4) is 0 Å². The smallest absolute Gasteiger partial charge is 0.262 e. The van der Waals surface area contributed by atoms with Gasteiger partial charge in [-0.25, -0.2) is 0 Å². The summed E-state index contributed by atoms with van der Waals surface area (Å²) in [4.78, 5) is 12.7. The molecular weight excluding hydrogens is 429 g/mol. The number of aromatic nitrogens is 1. The third-order valence-electron chi connectivity index (χ3n) is 5.76. The van der Waals surface area contributed by atoms with Crippen molar-refractivity contribution in [3.63, 3.8) is 0 Å². The first-order chi connectivity index (χ1) is 15.0. The number of hydrogen-bond donors (Lipinski definition) is 1. The molecule has 31 heavy (non-hydrogen) atoms. The van der Waals surface area contributed by atoms with Crippen LogP contribution in [0.5, 0.6) is 0 Å². The summed E-state index contributed by atoms with van der Waals surface area (Å²) in [5.41, 5.74) is 3.00. The molecule has 158 valence electrons. The number of amides is 1. The predicted molar refractivity (Wildman–Crippen MR) is 126 cm³/mol. The number of benzene rings is 2. The highest BCUT2D eigenvalue weighted by molar-refractivity contribution is 6.42. The monoisotopic (exact) mass is 451 g/mol. The zero-order chi connectivity index (χ0) is 21.8. The van der Waals surface area contributed by atoms with Crippen LogP contribution < -0.4 is 5.32 Å². The number of rotatable bonds is 5. The van der Waals surface area contributed by atoms with Gasteiger partial charge in [-0.3, -0.25) is 4.79 Å². The molecule has 0 saturated heterocycles. The van der Waals surface area contributed by atoms with Gasteiger partial charge < -0.3 is 9.88 Å². The Morgan fingerprint density at radius 1 is 1.13 bits per heavy atom. The fraction of sp³-hybridized carbons (Fsp3) is 0.280. The Bertz CT molecular complexity index is 1180. The standard InChI is InChI=1S/C25H23Cl2N3O/c26-22-11-10-17(12-23(22)27)15-30-16-19(21-8-4-5-9-24(21)30)13-18(14-28)25(31)29-20-6-2-1-3-7-20/h4-5,8-13,16,20H,1-3,6-7,15H2,(H,29,31)/b18-13-. The van der Waals surface area contributed by atoms with Crippen LogP contribution in [0.15, 0.2) is 54.2 Å². The molecule has 1 N–H and O–H groups in total. The van der Waals surface area contributed by atoms with Gasteiger partial charge in [-0.2, -0.15) is 5.26 Å². The number of para-hydroxylation sites is 1. The van der Waals surface area contributed by atoms with E-state index in [2.05, 4.69) is 16.0 Å². The maximum absolute atomic E-state index is 12.7. The van der Waals surface area contributed by atoms with Crippen molar-refractivity contribution in [3.05, 3.63) is 75.4 Å². The van der Waals surface area contributed by atoms with E-state index in [9.17, 15) is 10.1 Å². The van der Waals surface area contributed by atoms with Crippen LogP contribution in [0.25, 0.3) is 17.0 Å². The van der Waals surface area contributed by atoms with Crippen LogP contribution in [0.1, 0.15) is 43.2 Å². The molecule has 3 aromatic rings. The second-order valence-electron chi connectivity index (χ2n) is 7.96. The fourth-order valence-corrected chi connectivity index (χ4v) is 4.49. The molecule has 2 aromatic carbocycles. The number of halogens is 2. The second kappa shape index (κ2) is 9.60. The summed E-state index contributed by atoms with van der Waals surface area (Å²) in [7, 11) is 0. The first kappa shape index (κ1) is 21.5. The molecule has 0 bridgehead atoms. The van der Waals surface area contributed by atoms with Gasteiger partial charge in [0, 0.05) is 35.2 Å². The SMILES string of the molecule is N#C/C(=C/c1cn(Cc2ccc(Cl)c(Cl)c2)c2ccccc12)C(=O)NC1CCCCC1. The minimum atomic E-state index is -0.296. The summed E-state index contributed by atoms with van der Waals surface area (Å²) in [6.07, 6.45) is 9.08. The number of hydrogen-bond acceptors (Lipinski definition) is 2. The van der Waals surface area contributed by atoms with Gasteiger partial charge >= 0.3 is 0 Å². The van der Waals surface area contributed by atoms with Gasteiger partial charge in [-0.1, -0.05) is 66.7 Å². The van der Waals surface area contributed by atoms with Crippen molar-refractivity contribution in [1.29, 1.82) is 5.26 Å². The lowest BCUT2D eigenvalue weighted by atomic mass is 9.95. The van der Waals surface area contributed by atoms with Crippen molar-refractivity contribution in [2.45, 2.75) is 44.7 Å². The van der Waals surface area contributed by atoms with Crippen LogP contribution in [0.2, 0.25) is 10.0 Å². The van der Waals surface area contributed by atoms with Gasteiger partial charge in [0.15, 0.2) is 0 Å². The van der Waals surface area contributed by atoms with E-state index in [1.54, 1.807) is 12.1 Å². The lowest BCUT2D eigenvalue weighted by molar-refractivity contribution is -0.117. The van der Waals surface area contributed by atoms with Gasteiger partial charge in [0.2, 0.25) is 0 Å².